The van der Waals surface area contributed by atoms with Gasteiger partial charge in [-0.15, -0.1) is 0 Å². The number of likely N-dealkylation sites (N-methyl/N-ethyl adjacent to an activating group) is 1. The number of carboxylic acid groups (broad SMARTS) is 1. The lowest BCUT2D eigenvalue weighted by Gasteiger charge is -2.34. The Morgan fingerprint density at radius 3 is 2.83 bits per heavy atom. The smallest absolute Gasteiger partial charge is 0.311 e. The van der Waals surface area contributed by atoms with Gasteiger partial charge in [-0.05, 0) is 32.1 Å². The van der Waals surface area contributed by atoms with E-state index in [1.54, 1.807) is 0 Å². The first-order chi connectivity index (χ1) is 8.59. The van der Waals surface area contributed by atoms with Gasteiger partial charge in [-0.25, -0.2) is 0 Å². The number of rotatable bonds is 4. The van der Waals surface area contributed by atoms with Crippen LogP contribution in [0.2, 0.25) is 0 Å². The van der Waals surface area contributed by atoms with Crippen molar-refractivity contribution in [2.24, 2.45) is 0 Å². The largest absolute Gasteiger partial charge is 0.481 e. The minimum absolute atomic E-state index is 0.350. The molecule has 0 radical (unpaired) electrons. The van der Waals surface area contributed by atoms with Crippen LogP contribution < -0.4 is 4.90 Å². The van der Waals surface area contributed by atoms with Gasteiger partial charge in [0.15, 0.2) is 0 Å². The maximum atomic E-state index is 11.3. The highest BCUT2D eigenvalue weighted by Crippen LogP contribution is 2.34. The molecule has 1 aromatic carbocycles. The third-order valence-corrected chi connectivity index (χ3v) is 3.46. The van der Waals surface area contributed by atoms with E-state index in [1.165, 1.54) is 0 Å². The standard InChI is InChI=1S/C14H20N2O2/c1-15(2)9-10-16-8-7-12(14(17)18)11-5-3-4-6-13(11)16/h3-6,12H,7-10H2,1-2H3,(H,17,18). The maximum absolute atomic E-state index is 11.3. The summed E-state index contributed by atoms with van der Waals surface area (Å²) >= 11 is 0. The van der Waals surface area contributed by atoms with E-state index in [0.29, 0.717) is 6.42 Å². The molecule has 18 heavy (non-hydrogen) atoms. The fraction of sp³-hybridized carbons (Fsp3) is 0.500. The molecule has 1 unspecified atom stereocenters. The van der Waals surface area contributed by atoms with Crippen LogP contribution in [0.5, 0.6) is 0 Å². The molecule has 0 fully saturated rings. The predicted molar refractivity (Wildman–Crippen MR) is 72.2 cm³/mol. The van der Waals surface area contributed by atoms with Crippen molar-refractivity contribution in [3.8, 4) is 0 Å². The number of hydrogen-bond donors (Lipinski definition) is 1. The molecule has 0 aromatic heterocycles. The van der Waals surface area contributed by atoms with E-state index >= 15 is 0 Å². The molecule has 98 valence electrons. The van der Waals surface area contributed by atoms with Crippen LogP contribution in [0.25, 0.3) is 0 Å². The SMILES string of the molecule is CN(C)CCN1CCC(C(=O)O)c2ccccc21. The molecule has 4 nitrogen and oxygen atoms in total. The molecule has 0 aliphatic carbocycles. The summed E-state index contributed by atoms with van der Waals surface area (Å²) in [6.45, 7) is 2.74. The molecular formula is C14H20N2O2. The summed E-state index contributed by atoms with van der Waals surface area (Å²) in [7, 11) is 4.10. The van der Waals surface area contributed by atoms with Crippen molar-refractivity contribution in [1.82, 2.24) is 4.90 Å². The van der Waals surface area contributed by atoms with Crippen LogP contribution in [0.3, 0.4) is 0 Å². The van der Waals surface area contributed by atoms with Crippen molar-refractivity contribution < 1.29 is 9.90 Å². The molecule has 4 heteroatoms. The van der Waals surface area contributed by atoms with Crippen LogP contribution in [0, 0.1) is 0 Å². The van der Waals surface area contributed by atoms with E-state index in [-0.39, 0.29) is 5.92 Å². The topological polar surface area (TPSA) is 43.8 Å². The molecule has 0 amide bonds. The number of fused-ring (bicyclic) bond motifs is 1. The molecule has 1 aliphatic rings. The Kier molecular flexibility index (Phi) is 3.87. The highest BCUT2D eigenvalue weighted by Gasteiger charge is 2.29. The zero-order valence-electron chi connectivity index (χ0n) is 11.0. The summed E-state index contributed by atoms with van der Waals surface area (Å²) < 4.78 is 0. The molecule has 1 atom stereocenters. The van der Waals surface area contributed by atoms with Crippen LogP contribution in [0.15, 0.2) is 24.3 Å². The van der Waals surface area contributed by atoms with Gasteiger partial charge in [0, 0.05) is 25.3 Å². The number of nitrogens with zero attached hydrogens (tertiary/aromatic N) is 2. The van der Waals surface area contributed by atoms with Gasteiger partial charge in [0.1, 0.15) is 0 Å². The third-order valence-electron chi connectivity index (χ3n) is 3.46. The summed E-state index contributed by atoms with van der Waals surface area (Å²) in [6, 6.07) is 7.87. The Morgan fingerprint density at radius 1 is 1.44 bits per heavy atom. The Balaban J connectivity index is 2.22. The average molecular weight is 248 g/mol. The lowest BCUT2D eigenvalue weighted by atomic mass is 9.90. The zero-order chi connectivity index (χ0) is 13.1. The molecule has 0 saturated carbocycles. The fourth-order valence-corrected chi connectivity index (χ4v) is 2.44. The van der Waals surface area contributed by atoms with E-state index in [2.05, 4.69) is 23.9 Å². The summed E-state index contributed by atoms with van der Waals surface area (Å²) in [4.78, 5) is 15.7. The fourth-order valence-electron chi connectivity index (χ4n) is 2.44. The molecule has 1 aromatic rings. The summed E-state index contributed by atoms with van der Waals surface area (Å²) in [5, 5.41) is 9.26. The van der Waals surface area contributed by atoms with E-state index < -0.39 is 5.97 Å². The number of benzene rings is 1. The summed E-state index contributed by atoms with van der Waals surface area (Å²) in [6.07, 6.45) is 0.694. The Hall–Kier alpha value is -1.55. The lowest BCUT2D eigenvalue weighted by Crippen LogP contribution is -2.37. The van der Waals surface area contributed by atoms with Crippen molar-refractivity contribution >= 4 is 11.7 Å². The van der Waals surface area contributed by atoms with Gasteiger partial charge in [-0.2, -0.15) is 0 Å². The van der Waals surface area contributed by atoms with Crippen LogP contribution in [0.4, 0.5) is 5.69 Å². The normalized spacial score (nSPS) is 18.8. The van der Waals surface area contributed by atoms with Gasteiger partial charge in [0.05, 0.1) is 5.92 Å². The first kappa shape index (κ1) is 12.9. The van der Waals surface area contributed by atoms with Gasteiger partial charge >= 0.3 is 5.97 Å². The quantitative estimate of drug-likeness (QED) is 0.879. The van der Waals surface area contributed by atoms with Crippen molar-refractivity contribution in [3.05, 3.63) is 29.8 Å². The van der Waals surface area contributed by atoms with Gasteiger partial charge in [0.25, 0.3) is 0 Å². The second-order valence-electron chi connectivity index (χ2n) is 5.03. The first-order valence-electron chi connectivity index (χ1n) is 6.31. The van der Waals surface area contributed by atoms with E-state index in [1.807, 2.05) is 24.3 Å². The minimum Gasteiger partial charge on any atom is -0.481 e. The maximum Gasteiger partial charge on any atom is 0.311 e. The van der Waals surface area contributed by atoms with Crippen LogP contribution in [-0.2, 0) is 4.79 Å². The average Bonchev–Trinajstić information content (AvgIpc) is 2.35. The molecule has 0 saturated heterocycles. The van der Waals surface area contributed by atoms with Crippen LogP contribution in [0.1, 0.15) is 17.9 Å². The number of carbonyl (C=O) groups is 1. The molecular weight excluding hydrogens is 228 g/mol. The van der Waals surface area contributed by atoms with E-state index in [9.17, 15) is 9.90 Å². The lowest BCUT2D eigenvalue weighted by molar-refractivity contribution is -0.139. The second-order valence-corrected chi connectivity index (χ2v) is 5.03. The number of anilines is 1. The van der Waals surface area contributed by atoms with Crippen LogP contribution >= 0.6 is 0 Å². The number of carboxylic acids is 1. The van der Waals surface area contributed by atoms with Gasteiger partial charge < -0.3 is 14.9 Å². The first-order valence-corrected chi connectivity index (χ1v) is 6.31. The van der Waals surface area contributed by atoms with Crippen molar-refractivity contribution in [1.29, 1.82) is 0 Å². The number of hydrogen-bond acceptors (Lipinski definition) is 3. The summed E-state index contributed by atoms with van der Waals surface area (Å²) in [5.41, 5.74) is 2.04. The van der Waals surface area contributed by atoms with Gasteiger partial charge in [-0.1, -0.05) is 18.2 Å². The minimum atomic E-state index is -0.713. The van der Waals surface area contributed by atoms with Crippen molar-refractivity contribution in [2.45, 2.75) is 12.3 Å². The highest BCUT2D eigenvalue weighted by atomic mass is 16.4. The van der Waals surface area contributed by atoms with Gasteiger partial charge in [-0.3, -0.25) is 4.79 Å². The third kappa shape index (κ3) is 2.64. The Bertz CT molecular complexity index is 432. The monoisotopic (exact) mass is 248 g/mol. The predicted octanol–water partition coefficient (Wildman–Crippen LogP) is 1.63. The van der Waals surface area contributed by atoms with Crippen LogP contribution in [-0.4, -0.2) is 49.7 Å². The van der Waals surface area contributed by atoms with Gasteiger partial charge in [0.2, 0.25) is 0 Å². The molecule has 0 bridgehead atoms. The molecule has 1 heterocycles. The van der Waals surface area contributed by atoms with E-state index in [4.69, 9.17) is 0 Å². The van der Waals surface area contributed by atoms with E-state index in [0.717, 1.165) is 30.9 Å². The second kappa shape index (κ2) is 5.40. The molecule has 2 rings (SSSR count). The molecule has 1 N–H and O–H groups in total. The summed E-state index contributed by atoms with van der Waals surface area (Å²) in [5.74, 6) is -1.06. The Morgan fingerprint density at radius 2 is 2.17 bits per heavy atom. The number of para-hydroxylation sites is 1. The Labute approximate surface area is 108 Å². The molecule has 1 aliphatic heterocycles. The highest BCUT2D eigenvalue weighted by molar-refractivity contribution is 5.80. The molecule has 0 spiro atoms. The number of aliphatic carboxylic acids is 1. The zero-order valence-corrected chi connectivity index (χ0v) is 11.0. The van der Waals surface area contributed by atoms with Crippen molar-refractivity contribution in [2.75, 3.05) is 38.6 Å². The van der Waals surface area contributed by atoms with Crippen molar-refractivity contribution in [3.63, 3.8) is 0 Å².